The van der Waals surface area contributed by atoms with Gasteiger partial charge in [-0.1, -0.05) is 6.92 Å². The normalized spacial score (nSPS) is 22.6. The van der Waals surface area contributed by atoms with E-state index in [2.05, 4.69) is 6.92 Å². The van der Waals surface area contributed by atoms with E-state index in [4.69, 9.17) is 0 Å². The van der Waals surface area contributed by atoms with Crippen LogP contribution in [0, 0.1) is 5.92 Å². The average molecular weight is 196 g/mol. The molecule has 1 amide bonds. The van der Waals surface area contributed by atoms with Gasteiger partial charge in [0.1, 0.15) is 0 Å². The minimum atomic E-state index is -1.33. The first-order valence-corrected chi connectivity index (χ1v) is 4.77. The minimum absolute atomic E-state index is 0.235. The maximum atomic E-state index is 11.4. The molecule has 0 aromatic heterocycles. The molecule has 1 aliphatic rings. The van der Waals surface area contributed by atoms with Crippen molar-refractivity contribution in [2.75, 3.05) is 13.1 Å². The van der Waals surface area contributed by atoms with Crippen LogP contribution in [0.5, 0.6) is 0 Å². The van der Waals surface area contributed by atoms with Crippen molar-refractivity contribution in [3.63, 3.8) is 0 Å². The minimum Gasteiger partial charge on any atom is -0.545 e. The van der Waals surface area contributed by atoms with Crippen molar-refractivity contribution in [2.24, 2.45) is 5.92 Å². The van der Waals surface area contributed by atoms with Gasteiger partial charge in [0.2, 0.25) is 5.91 Å². The Labute approximate surface area is 83.2 Å². The van der Waals surface area contributed by atoms with Crippen LogP contribution in [0.3, 0.4) is 0 Å². The Bertz CT molecular complexity index is 260. The van der Waals surface area contributed by atoms with Crippen molar-refractivity contribution in [1.82, 2.24) is 4.90 Å². The standard InChI is InChI=1S/C10H15NO3/c1-8-3-2-6-11(7-8)9(12)4-5-10(13)14/h4-5,8H,2-3,6-7H2,1H3,(H,13,14)/p-1/b5-4-/t8-/m0/s1. The predicted octanol–water partition coefficient (Wildman–Crippen LogP) is -0.449. The van der Waals surface area contributed by atoms with E-state index in [0.717, 1.165) is 38.1 Å². The van der Waals surface area contributed by atoms with Crippen LogP contribution < -0.4 is 5.11 Å². The third-order valence-electron chi connectivity index (χ3n) is 2.33. The number of carboxylic acids is 1. The van der Waals surface area contributed by atoms with Crippen molar-refractivity contribution >= 4 is 11.9 Å². The van der Waals surface area contributed by atoms with Crippen LogP contribution in [-0.4, -0.2) is 29.9 Å². The zero-order valence-electron chi connectivity index (χ0n) is 8.23. The van der Waals surface area contributed by atoms with E-state index in [1.807, 2.05) is 0 Å². The van der Waals surface area contributed by atoms with E-state index in [-0.39, 0.29) is 5.91 Å². The summed E-state index contributed by atoms with van der Waals surface area (Å²) in [6.07, 6.45) is 3.97. The lowest BCUT2D eigenvalue weighted by Crippen LogP contribution is -2.38. The smallest absolute Gasteiger partial charge is 0.246 e. The number of amides is 1. The molecule has 4 nitrogen and oxygen atoms in total. The topological polar surface area (TPSA) is 60.4 Å². The third kappa shape index (κ3) is 3.20. The Kier molecular flexibility index (Phi) is 3.68. The second-order valence-electron chi connectivity index (χ2n) is 3.68. The molecular weight excluding hydrogens is 182 g/mol. The van der Waals surface area contributed by atoms with Crippen LogP contribution in [0.25, 0.3) is 0 Å². The monoisotopic (exact) mass is 196 g/mol. The van der Waals surface area contributed by atoms with Crippen molar-refractivity contribution in [1.29, 1.82) is 0 Å². The number of likely N-dealkylation sites (tertiary alicyclic amines) is 1. The summed E-state index contributed by atoms with van der Waals surface area (Å²) in [4.78, 5) is 23.2. The zero-order chi connectivity index (χ0) is 10.6. The van der Waals surface area contributed by atoms with Crippen LogP contribution in [0.2, 0.25) is 0 Å². The summed E-state index contributed by atoms with van der Waals surface area (Å²) in [5.41, 5.74) is 0. The van der Waals surface area contributed by atoms with Gasteiger partial charge < -0.3 is 14.8 Å². The molecule has 1 atom stereocenters. The maximum Gasteiger partial charge on any atom is 0.246 e. The van der Waals surface area contributed by atoms with Crippen molar-refractivity contribution < 1.29 is 14.7 Å². The fourth-order valence-electron chi connectivity index (χ4n) is 1.63. The van der Waals surface area contributed by atoms with E-state index in [9.17, 15) is 14.7 Å². The number of carboxylic acid groups (broad SMARTS) is 1. The van der Waals surface area contributed by atoms with Gasteiger partial charge in [-0.25, -0.2) is 0 Å². The van der Waals surface area contributed by atoms with Crippen LogP contribution >= 0.6 is 0 Å². The first-order chi connectivity index (χ1) is 6.59. The Balaban J connectivity index is 2.47. The fourth-order valence-corrected chi connectivity index (χ4v) is 1.63. The molecule has 14 heavy (non-hydrogen) atoms. The molecule has 1 aliphatic heterocycles. The lowest BCUT2D eigenvalue weighted by molar-refractivity contribution is -0.297. The lowest BCUT2D eigenvalue weighted by atomic mass is 10.0. The zero-order valence-corrected chi connectivity index (χ0v) is 8.23. The molecular formula is C10H14NO3-. The van der Waals surface area contributed by atoms with Gasteiger partial charge in [-0.3, -0.25) is 4.79 Å². The highest BCUT2D eigenvalue weighted by Crippen LogP contribution is 2.15. The van der Waals surface area contributed by atoms with Crippen LogP contribution in [-0.2, 0) is 9.59 Å². The van der Waals surface area contributed by atoms with Gasteiger partial charge in [-0.15, -0.1) is 0 Å². The van der Waals surface area contributed by atoms with Crippen molar-refractivity contribution in [2.45, 2.75) is 19.8 Å². The van der Waals surface area contributed by atoms with E-state index < -0.39 is 5.97 Å². The summed E-state index contributed by atoms with van der Waals surface area (Å²) in [6, 6.07) is 0. The molecule has 1 saturated heterocycles. The second-order valence-corrected chi connectivity index (χ2v) is 3.68. The summed E-state index contributed by atoms with van der Waals surface area (Å²) in [6.45, 7) is 3.53. The first kappa shape index (κ1) is 10.8. The molecule has 1 heterocycles. The number of rotatable bonds is 2. The number of hydrogen-bond acceptors (Lipinski definition) is 3. The van der Waals surface area contributed by atoms with Gasteiger partial charge in [-0.05, 0) is 24.8 Å². The SMILES string of the molecule is C[C@H]1CCCN(C(=O)/C=C\C(=O)[O-])C1. The Morgan fingerprint density at radius 1 is 1.43 bits per heavy atom. The first-order valence-electron chi connectivity index (χ1n) is 4.77. The Morgan fingerprint density at radius 3 is 2.71 bits per heavy atom. The van der Waals surface area contributed by atoms with E-state index >= 15 is 0 Å². The summed E-state index contributed by atoms with van der Waals surface area (Å²) < 4.78 is 0. The number of nitrogens with zero attached hydrogens (tertiary/aromatic N) is 1. The number of carbonyl (C=O) groups is 2. The molecule has 0 aromatic carbocycles. The number of piperidine rings is 1. The van der Waals surface area contributed by atoms with Crippen molar-refractivity contribution in [3.8, 4) is 0 Å². The quantitative estimate of drug-likeness (QED) is 0.562. The predicted molar refractivity (Wildman–Crippen MR) is 49.1 cm³/mol. The Morgan fingerprint density at radius 2 is 2.14 bits per heavy atom. The molecule has 0 radical (unpaired) electrons. The van der Waals surface area contributed by atoms with Gasteiger partial charge >= 0.3 is 0 Å². The molecule has 1 rings (SSSR count). The highest BCUT2D eigenvalue weighted by molar-refractivity contribution is 5.93. The molecule has 4 heteroatoms. The number of aliphatic carboxylic acids is 1. The van der Waals surface area contributed by atoms with E-state index in [0.29, 0.717) is 5.92 Å². The van der Waals surface area contributed by atoms with Crippen LogP contribution in [0.4, 0.5) is 0 Å². The van der Waals surface area contributed by atoms with Gasteiger partial charge in [-0.2, -0.15) is 0 Å². The molecule has 78 valence electrons. The van der Waals surface area contributed by atoms with Gasteiger partial charge in [0.15, 0.2) is 0 Å². The summed E-state index contributed by atoms with van der Waals surface area (Å²) in [7, 11) is 0. The van der Waals surface area contributed by atoms with Crippen molar-refractivity contribution in [3.05, 3.63) is 12.2 Å². The highest BCUT2D eigenvalue weighted by Gasteiger charge is 2.18. The molecule has 1 fully saturated rings. The van der Waals surface area contributed by atoms with Gasteiger partial charge in [0.25, 0.3) is 0 Å². The summed E-state index contributed by atoms with van der Waals surface area (Å²) in [5, 5.41) is 10.1. The van der Waals surface area contributed by atoms with Gasteiger partial charge in [0, 0.05) is 19.2 Å². The van der Waals surface area contributed by atoms with Crippen LogP contribution in [0.15, 0.2) is 12.2 Å². The largest absolute Gasteiger partial charge is 0.545 e. The number of carbonyl (C=O) groups excluding carboxylic acids is 2. The average Bonchev–Trinajstić information content (AvgIpc) is 2.14. The Hall–Kier alpha value is -1.32. The molecule has 0 aliphatic carbocycles. The fraction of sp³-hybridized carbons (Fsp3) is 0.600. The maximum absolute atomic E-state index is 11.4. The van der Waals surface area contributed by atoms with E-state index in [1.54, 1.807) is 4.90 Å². The summed E-state index contributed by atoms with van der Waals surface area (Å²) in [5.74, 6) is -1.06. The van der Waals surface area contributed by atoms with Gasteiger partial charge in [0.05, 0.1) is 5.97 Å². The third-order valence-corrected chi connectivity index (χ3v) is 2.33. The van der Waals surface area contributed by atoms with E-state index in [1.165, 1.54) is 0 Å². The molecule has 0 saturated carbocycles. The molecule has 0 bridgehead atoms. The molecule has 0 aromatic rings. The lowest BCUT2D eigenvalue weighted by Gasteiger charge is -2.30. The molecule has 0 spiro atoms. The second kappa shape index (κ2) is 4.79. The van der Waals surface area contributed by atoms with Crippen LogP contribution in [0.1, 0.15) is 19.8 Å². The molecule has 0 N–H and O–H groups in total. The number of hydrogen-bond donors (Lipinski definition) is 0. The highest BCUT2D eigenvalue weighted by atomic mass is 16.4. The molecule has 0 unspecified atom stereocenters. The summed E-state index contributed by atoms with van der Waals surface area (Å²) >= 11 is 0.